The Labute approximate surface area is 125 Å². The maximum Gasteiger partial charge on any atom is 0.228 e. The summed E-state index contributed by atoms with van der Waals surface area (Å²) in [6.45, 7) is 4.40. The molecule has 112 valence electrons. The Hall–Kier alpha value is -1.86. The number of benzene rings is 1. The van der Waals surface area contributed by atoms with E-state index in [2.05, 4.69) is 31.0 Å². The SMILES string of the molecule is CC1(C)CCCC1C(=O)Nc1ccc(C#CCN)c(F)c1. The second-order valence-electron chi connectivity index (χ2n) is 6.12. The van der Waals surface area contributed by atoms with Gasteiger partial charge in [-0.1, -0.05) is 32.1 Å². The topological polar surface area (TPSA) is 55.1 Å². The van der Waals surface area contributed by atoms with Gasteiger partial charge in [-0.15, -0.1) is 0 Å². The van der Waals surface area contributed by atoms with E-state index in [-0.39, 0.29) is 23.8 Å². The first-order valence-electron chi connectivity index (χ1n) is 7.23. The van der Waals surface area contributed by atoms with Gasteiger partial charge in [-0.25, -0.2) is 4.39 Å². The van der Waals surface area contributed by atoms with Crippen LogP contribution < -0.4 is 11.1 Å². The molecule has 1 fully saturated rings. The number of amides is 1. The van der Waals surface area contributed by atoms with E-state index in [9.17, 15) is 9.18 Å². The zero-order valence-corrected chi connectivity index (χ0v) is 12.5. The second-order valence-corrected chi connectivity index (χ2v) is 6.12. The van der Waals surface area contributed by atoms with Crippen LogP contribution >= 0.6 is 0 Å². The molecule has 4 heteroatoms. The van der Waals surface area contributed by atoms with E-state index in [1.807, 2.05) is 0 Å². The van der Waals surface area contributed by atoms with Crippen molar-refractivity contribution in [2.75, 3.05) is 11.9 Å². The number of hydrogen-bond donors (Lipinski definition) is 2. The molecule has 3 N–H and O–H groups in total. The summed E-state index contributed by atoms with van der Waals surface area (Å²) in [5, 5.41) is 2.81. The van der Waals surface area contributed by atoms with Crippen molar-refractivity contribution >= 4 is 11.6 Å². The fourth-order valence-corrected chi connectivity index (χ4v) is 2.88. The fraction of sp³-hybridized carbons (Fsp3) is 0.471. The van der Waals surface area contributed by atoms with Gasteiger partial charge in [-0.3, -0.25) is 4.79 Å². The smallest absolute Gasteiger partial charge is 0.228 e. The van der Waals surface area contributed by atoms with Gasteiger partial charge in [0.05, 0.1) is 12.1 Å². The highest BCUT2D eigenvalue weighted by atomic mass is 19.1. The van der Waals surface area contributed by atoms with Crippen molar-refractivity contribution in [3.05, 3.63) is 29.6 Å². The highest BCUT2D eigenvalue weighted by Gasteiger charge is 2.39. The first kappa shape index (κ1) is 15.5. The molecule has 1 saturated carbocycles. The number of carbonyl (C=O) groups is 1. The van der Waals surface area contributed by atoms with Crippen molar-refractivity contribution in [3.8, 4) is 11.8 Å². The summed E-state index contributed by atoms with van der Waals surface area (Å²) in [6, 6.07) is 4.54. The maximum atomic E-state index is 13.9. The molecule has 0 bridgehead atoms. The molecule has 1 unspecified atom stereocenters. The van der Waals surface area contributed by atoms with E-state index in [0.29, 0.717) is 11.3 Å². The van der Waals surface area contributed by atoms with Crippen molar-refractivity contribution in [1.29, 1.82) is 0 Å². The third kappa shape index (κ3) is 3.62. The van der Waals surface area contributed by atoms with Crippen molar-refractivity contribution < 1.29 is 9.18 Å². The molecule has 0 spiro atoms. The van der Waals surface area contributed by atoms with Crippen molar-refractivity contribution in [2.24, 2.45) is 17.1 Å². The third-order valence-corrected chi connectivity index (χ3v) is 4.14. The number of hydrogen-bond acceptors (Lipinski definition) is 2. The number of rotatable bonds is 2. The second kappa shape index (κ2) is 6.28. The molecule has 1 aliphatic rings. The first-order chi connectivity index (χ1) is 9.94. The normalized spacial score (nSPS) is 19.7. The van der Waals surface area contributed by atoms with Crippen LogP contribution in [-0.4, -0.2) is 12.5 Å². The Morgan fingerprint density at radius 1 is 1.52 bits per heavy atom. The van der Waals surface area contributed by atoms with Crippen LogP contribution in [0.1, 0.15) is 38.7 Å². The third-order valence-electron chi connectivity index (χ3n) is 4.14. The molecule has 0 saturated heterocycles. The molecule has 0 radical (unpaired) electrons. The zero-order chi connectivity index (χ0) is 15.5. The molecule has 1 atom stereocenters. The molecule has 3 nitrogen and oxygen atoms in total. The van der Waals surface area contributed by atoms with Gasteiger partial charge >= 0.3 is 0 Å². The van der Waals surface area contributed by atoms with E-state index in [4.69, 9.17) is 5.73 Å². The molecular formula is C17H21FN2O. The number of nitrogens with one attached hydrogen (secondary N) is 1. The highest BCUT2D eigenvalue weighted by Crippen LogP contribution is 2.43. The van der Waals surface area contributed by atoms with Gasteiger partial charge in [0.2, 0.25) is 5.91 Å². The first-order valence-corrected chi connectivity index (χ1v) is 7.23. The van der Waals surface area contributed by atoms with E-state index < -0.39 is 5.82 Å². The minimum absolute atomic E-state index is 0.00910. The van der Waals surface area contributed by atoms with Gasteiger partial charge in [-0.05, 0) is 36.5 Å². The highest BCUT2D eigenvalue weighted by molar-refractivity contribution is 5.93. The van der Waals surface area contributed by atoms with Crippen LogP contribution in [0.4, 0.5) is 10.1 Å². The molecular weight excluding hydrogens is 267 g/mol. The largest absolute Gasteiger partial charge is 0.326 e. The van der Waals surface area contributed by atoms with E-state index >= 15 is 0 Å². The van der Waals surface area contributed by atoms with Crippen LogP contribution in [0.5, 0.6) is 0 Å². The summed E-state index contributed by atoms with van der Waals surface area (Å²) in [6.07, 6.45) is 3.00. The van der Waals surface area contributed by atoms with Crippen LogP contribution in [0.3, 0.4) is 0 Å². The number of carbonyl (C=O) groups excluding carboxylic acids is 1. The molecule has 0 aliphatic heterocycles. The minimum atomic E-state index is -0.445. The summed E-state index contributed by atoms with van der Waals surface area (Å²) >= 11 is 0. The van der Waals surface area contributed by atoms with Crippen molar-refractivity contribution in [1.82, 2.24) is 0 Å². The van der Waals surface area contributed by atoms with Crippen LogP contribution in [0, 0.1) is 29.0 Å². The predicted octanol–water partition coefficient (Wildman–Crippen LogP) is 2.90. The summed E-state index contributed by atoms with van der Waals surface area (Å²) < 4.78 is 13.9. The van der Waals surface area contributed by atoms with Crippen LogP contribution in [0.2, 0.25) is 0 Å². The Morgan fingerprint density at radius 2 is 2.29 bits per heavy atom. The van der Waals surface area contributed by atoms with Crippen LogP contribution in [0.15, 0.2) is 18.2 Å². The van der Waals surface area contributed by atoms with E-state index in [0.717, 1.165) is 19.3 Å². The van der Waals surface area contributed by atoms with Gasteiger partial charge in [0.1, 0.15) is 5.82 Å². The molecule has 0 aromatic heterocycles. The molecule has 1 aliphatic carbocycles. The minimum Gasteiger partial charge on any atom is -0.326 e. The molecule has 1 amide bonds. The lowest BCUT2D eigenvalue weighted by Crippen LogP contribution is -2.30. The Kier molecular flexibility index (Phi) is 4.64. The average Bonchev–Trinajstić information content (AvgIpc) is 2.77. The molecule has 21 heavy (non-hydrogen) atoms. The van der Waals surface area contributed by atoms with Gasteiger partial charge < -0.3 is 11.1 Å². The standard InChI is InChI=1S/C17H21FN2O/c1-17(2)9-3-6-14(17)16(21)20-13-8-7-12(5-4-10-19)15(18)11-13/h7-8,11,14H,3,6,9-10,19H2,1-2H3,(H,20,21). The van der Waals surface area contributed by atoms with E-state index in [1.54, 1.807) is 12.1 Å². The predicted molar refractivity (Wildman–Crippen MR) is 82.1 cm³/mol. The molecule has 1 aromatic rings. The van der Waals surface area contributed by atoms with Gasteiger partial charge in [0.25, 0.3) is 0 Å². The lowest BCUT2D eigenvalue weighted by Gasteiger charge is -2.25. The molecule has 2 rings (SSSR count). The van der Waals surface area contributed by atoms with Crippen molar-refractivity contribution in [3.63, 3.8) is 0 Å². The van der Waals surface area contributed by atoms with Gasteiger partial charge in [0, 0.05) is 11.6 Å². The summed E-state index contributed by atoms with van der Waals surface area (Å²) in [5.41, 5.74) is 6.04. The monoisotopic (exact) mass is 288 g/mol. The van der Waals surface area contributed by atoms with E-state index in [1.165, 1.54) is 6.07 Å². The average molecular weight is 288 g/mol. The number of anilines is 1. The lowest BCUT2D eigenvalue weighted by atomic mass is 9.81. The maximum absolute atomic E-state index is 13.9. The molecule has 1 aromatic carbocycles. The Bertz CT molecular complexity index is 599. The Morgan fingerprint density at radius 3 is 2.86 bits per heavy atom. The summed E-state index contributed by atoms with van der Waals surface area (Å²) in [7, 11) is 0. The fourth-order valence-electron chi connectivity index (χ4n) is 2.88. The number of halogens is 1. The van der Waals surface area contributed by atoms with Crippen LogP contribution in [-0.2, 0) is 4.79 Å². The van der Waals surface area contributed by atoms with Crippen molar-refractivity contribution in [2.45, 2.75) is 33.1 Å². The summed E-state index contributed by atoms with van der Waals surface area (Å²) in [4.78, 5) is 12.3. The lowest BCUT2D eigenvalue weighted by molar-refractivity contribution is -0.122. The molecule has 0 heterocycles. The van der Waals surface area contributed by atoms with Crippen LogP contribution in [0.25, 0.3) is 0 Å². The quantitative estimate of drug-likeness (QED) is 0.822. The number of nitrogens with two attached hydrogens (primary N) is 1. The summed E-state index contributed by atoms with van der Waals surface area (Å²) in [5.74, 6) is 4.78. The van der Waals surface area contributed by atoms with Gasteiger partial charge in [0.15, 0.2) is 0 Å². The Balaban J connectivity index is 2.10. The van der Waals surface area contributed by atoms with Gasteiger partial charge in [-0.2, -0.15) is 0 Å². The zero-order valence-electron chi connectivity index (χ0n) is 12.5.